The van der Waals surface area contributed by atoms with Gasteiger partial charge in [-0.05, 0) is 43.7 Å². The molecular weight excluding hydrogens is 365 g/mol. The van der Waals surface area contributed by atoms with Crippen LogP contribution < -0.4 is 0 Å². The van der Waals surface area contributed by atoms with E-state index in [1.807, 2.05) is 29.2 Å². The Kier molecular flexibility index (Phi) is 5.31. The number of rotatable bonds is 6. The van der Waals surface area contributed by atoms with Crippen molar-refractivity contribution in [1.82, 2.24) is 14.7 Å². The highest BCUT2D eigenvalue weighted by Crippen LogP contribution is 2.34. The van der Waals surface area contributed by atoms with E-state index in [-0.39, 0.29) is 18.3 Å². The lowest BCUT2D eigenvalue weighted by Crippen LogP contribution is -2.52. The summed E-state index contributed by atoms with van der Waals surface area (Å²) in [5.41, 5.74) is 0.436. The highest BCUT2D eigenvalue weighted by atomic mass is 35.5. The molecule has 0 radical (unpaired) electrons. The molecule has 1 heterocycles. The second-order valence-electron chi connectivity index (χ2n) is 8.08. The number of benzene rings is 1. The maximum Gasteiger partial charge on any atom is 0.266 e. The molecule has 1 atom stereocenters. The molecule has 0 aromatic heterocycles. The smallest absolute Gasteiger partial charge is 0.266 e. The molecule has 146 valence electrons. The van der Waals surface area contributed by atoms with Crippen molar-refractivity contribution in [2.24, 2.45) is 5.92 Å². The number of carbonyl (C=O) groups excluding carboxylic acids is 1. The Labute approximate surface area is 165 Å². The van der Waals surface area contributed by atoms with Crippen LogP contribution in [0.3, 0.4) is 0 Å². The van der Waals surface area contributed by atoms with Crippen molar-refractivity contribution in [1.29, 1.82) is 0 Å². The van der Waals surface area contributed by atoms with Crippen LogP contribution in [0.5, 0.6) is 0 Å². The lowest BCUT2D eigenvalue weighted by atomic mass is 10.1. The molecule has 1 amide bonds. The highest BCUT2D eigenvalue weighted by Gasteiger charge is 2.41. The molecule has 0 N–H and O–H groups in total. The summed E-state index contributed by atoms with van der Waals surface area (Å²) in [5.74, 6) is 0.426. The normalized spacial score (nSPS) is 22.7. The molecule has 0 bridgehead atoms. The highest BCUT2D eigenvalue weighted by molar-refractivity contribution is 6.31. The zero-order chi connectivity index (χ0) is 19.0. The molecule has 4 rings (SSSR count). The average molecular weight is 392 g/mol. The number of nitrogens with zero attached hydrogens (tertiary/aromatic N) is 3. The van der Waals surface area contributed by atoms with Crippen LogP contribution >= 0.6 is 11.6 Å². The van der Waals surface area contributed by atoms with Crippen LogP contribution in [-0.4, -0.2) is 46.4 Å². The molecule has 2 fully saturated rings. The molecule has 1 aromatic carbocycles. The van der Waals surface area contributed by atoms with Crippen molar-refractivity contribution < 1.29 is 9.18 Å². The molecule has 27 heavy (non-hydrogen) atoms. The second-order valence-corrected chi connectivity index (χ2v) is 8.49. The Hall–Kier alpha value is -1.75. The SMILES string of the molecule is CN1C=CN(Cc2c(F)cccc2Cl)C1C(=O)N(CC1CCCC1)C1CC1. The van der Waals surface area contributed by atoms with Crippen LogP contribution in [0, 0.1) is 11.7 Å². The van der Waals surface area contributed by atoms with E-state index >= 15 is 0 Å². The van der Waals surface area contributed by atoms with Crippen molar-refractivity contribution >= 4 is 17.5 Å². The van der Waals surface area contributed by atoms with Gasteiger partial charge in [0.1, 0.15) is 5.82 Å². The molecule has 0 saturated heterocycles. The van der Waals surface area contributed by atoms with Gasteiger partial charge in [-0.25, -0.2) is 4.39 Å². The minimum absolute atomic E-state index is 0.129. The largest absolute Gasteiger partial charge is 0.351 e. The molecule has 2 aliphatic carbocycles. The maximum atomic E-state index is 14.3. The first kappa shape index (κ1) is 18.6. The van der Waals surface area contributed by atoms with Crippen molar-refractivity contribution in [3.63, 3.8) is 0 Å². The Morgan fingerprint density at radius 2 is 1.96 bits per heavy atom. The molecule has 0 spiro atoms. The Bertz CT molecular complexity index is 710. The third-order valence-corrected chi connectivity index (χ3v) is 6.37. The lowest BCUT2D eigenvalue weighted by Gasteiger charge is -2.35. The van der Waals surface area contributed by atoms with E-state index in [1.54, 1.807) is 12.1 Å². The quantitative estimate of drug-likeness (QED) is 0.727. The number of carbonyl (C=O) groups is 1. The second kappa shape index (κ2) is 7.70. The van der Waals surface area contributed by atoms with Crippen LogP contribution in [0.25, 0.3) is 0 Å². The summed E-state index contributed by atoms with van der Waals surface area (Å²) in [4.78, 5) is 19.4. The molecule has 4 nitrogen and oxygen atoms in total. The first-order valence-corrected chi connectivity index (χ1v) is 10.3. The van der Waals surface area contributed by atoms with E-state index < -0.39 is 6.17 Å². The predicted molar refractivity (Wildman–Crippen MR) is 104 cm³/mol. The summed E-state index contributed by atoms with van der Waals surface area (Å²) in [6, 6.07) is 5.09. The predicted octanol–water partition coefficient (Wildman–Crippen LogP) is 4.21. The van der Waals surface area contributed by atoms with Crippen LogP contribution in [-0.2, 0) is 11.3 Å². The number of amides is 1. The average Bonchev–Trinajstić information content (AvgIpc) is 3.22. The molecule has 6 heteroatoms. The van der Waals surface area contributed by atoms with E-state index in [4.69, 9.17) is 11.6 Å². The molecule has 1 unspecified atom stereocenters. The van der Waals surface area contributed by atoms with E-state index in [1.165, 1.54) is 31.7 Å². The molecule has 3 aliphatic rings. The topological polar surface area (TPSA) is 26.8 Å². The zero-order valence-electron chi connectivity index (χ0n) is 15.8. The fraction of sp³-hybridized carbons (Fsp3) is 0.571. The Balaban J connectivity index is 1.51. The summed E-state index contributed by atoms with van der Waals surface area (Å²) in [7, 11) is 1.91. The minimum atomic E-state index is -0.428. The van der Waals surface area contributed by atoms with Gasteiger partial charge in [0.15, 0.2) is 6.17 Å². The van der Waals surface area contributed by atoms with Gasteiger partial charge >= 0.3 is 0 Å². The van der Waals surface area contributed by atoms with Gasteiger partial charge in [-0.1, -0.05) is 30.5 Å². The Morgan fingerprint density at radius 1 is 1.22 bits per heavy atom. The summed E-state index contributed by atoms with van der Waals surface area (Å²) in [6.07, 6.45) is 10.5. The number of likely N-dealkylation sites (N-methyl/N-ethyl adjacent to an activating group) is 1. The van der Waals surface area contributed by atoms with Gasteiger partial charge < -0.3 is 14.7 Å². The zero-order valence-corrected chi connectivity index (χ0v) is 16.5. The first-order valence-electron chi connectivity index (χ1n) is 9.94. The van der Waals surface area contributed by atoms with Gasteiger partial charge in [-0.2, -0.15) is 0 Å². The van der Waals surface area contributed by atoms with Crippen molar-refractivity contribution in [3.05, 3.63) is 47.0 Å². The monoisotopic (exact) mass is 391 g/mol. The maximum absolute atomic E-state index is 14.3. The number of hydrogen-bond donors (Lipinski definition) is 0. The Morgan fingerprint density at radius 3 is 2.63 bits per heavy atom. The van der Waals surface area contributed by atoms with Crippen LogP contribution in [0.1, 0.15) is 44.1 Å². The van der Waals surface area contributed by atoms with Gasteiger partial charge in [0.2, 0.25) is 0 Å². The van der Waals surface area contributed by atoms with E-state index in [0.717, 1.165) is 19.4 Å². The third kappa shape index (κ3) is 3.93. The van der Waals surface area contributed by atoms with Gasteiger partial charge in [-0.15, -0.1) is 0 Å². The molecule has 2 saturated carbocycles. The summed E-state index contributed by atoms with van der Waals surface area (Å²) in [5, 5.41) is 0.397. The third-order valence-electron chi connectivity index (χ3n) is 6.02. The summed E-state index contributed by atoms with van der Waals surface area (Å²) < 4.78 is 14.3. The van der Waals surface area contributed by atoms with Gasteiger partial charge in [0.05, 0.1) is 0 Å². The summed E-state index contributed by atoms with van der Waals surface area (Å²) >= 11 is 6.21. The fourth-order valence-electron chi connectivity index (χ4n) is 4.33. The fourth-order valence-corrected chi connectivity index (χ4v) is 4.56. The molecule has 1 aliphatic heterocycles. The van der Waals surface area contributed by atoms with E-state index in [2.05, 4.69) is 4.90 Å². The van der Waals surface area contributed by atoms with E-state index in [9.17, 15) is 9.18 Å². The number of halogens is 2. The summed E-state index contributed by atoms with van der Waals surface area (Å²) in [6.45, 7) is 1.15. The standard InChI is InChI=1S/C21H27ClFN3O/c1-24-11-12-25(14-17-18(22)7-4-8-19(17)23)20(24)21(27)26(16-9-10-16)13-15-5-2-3-6-15/h4,7-8,11-12,15-16,20H,2-3,5-6,9-10,13-14H2,1H3. The van der Waals surface area contributed by atoms with Crippen LogP contribution in [0.4, 0.5) is 4.39 Å². The van der Waals surface area contributed by atoms with Crippen molar-refractivity contribution in [2.75, 3.05) is 13.6 Å². The van der Waals surface area contributed by atoms with Crippen LogP contribution in [0.15, 0.2) is 30.6 Å². The molecular formula is C21H27ClFN3O. The van der Waals surface area contributed by atoms with Crippen molar-refractivity contribution in [2.45, 2.75) is 57.3 Å². The van der Waals surface area contributed by atoms with Gasteiger partial charge in [0.25, 0.3) is 5.91 Å². The van der Waals surface area contributed by atoms with Crippen LogP contribution in [0.2, 0.25) is 5.02 Å². The van der Waals surface area contributed by atoms with Gasteiger partial charge in [-0.3, -0.25) is 4.79 Å². The number of hydrogen-bond acceptors (Lipinski definition) is 3. The molecule has 1 aromatic rings. The lowest BCUT2D eigenvalue weighted by molar-refractivity contribution is -0.141. The minimum Gasteiger partial charge on any atom is -0.351 e. The van der Waals surface area contributed by atoms with E-state index in [0.29, 0.717) is 22.5 Å². The first-order chi connectivity index (χ1) is 13.0. The van der Waals surface area contributed by atoms with Crippen molar-refractivity contribution in [3.8, 4) is 0 Å². The van der Waals surface area contributed by atoms with Gasteiger partial charge in [0, 0.05) is 49.2 Å².